The Morgan fingerprint density at radius 3 is 3.06 bits per heavy atom. The molecule has 0 aliphatic carbocycles. The quantitative estimate of drug-likeness (QED) is 0.887. The van der Waals surface area contributed by atoms with Gasteiger partial charge in [0.15, 0.2) is 0 Å². The van der Waals surface area contributed by atoms with E-state index >= 15 is 0 Å². The number of aryl methyl sites for hydroxylation is 1. The lowest BCUT2D eigenvalue weighted by Crippen LogP contribution is -2.12. The lowest BCUT2D eigenvalue weighted by molar-refractivity contribution is 0.357. The summed E-state index contributed by atoms with van der Waals surface area (Å²) in [6.45, 7) is 2.55. The molecule has 0 atom stereocenters. The average Bonchev–Trinajstić information content (AvgIpc) is 2.97. The van der Waals surface area contributed by atoms with Crippen molar-refractivity contribution in [3.05, 3.63) is 47.3 Å². The van der Waals surface area contributed by atoms with Gasteiger partial charge in [-0.25, -0.2) is 0 Å². The van der Waals surface area contributed by atoms with Crippen LogP contribution in [0.15, 0.2) is 30.6 Å². The molecule has 1 aromatic heterocycles. The molecule has 4 heteroatoms. The van der Waals surface area contributed by atoms with Crippen molar-refractivity contribution in [2.75, 3.05) is 6.61 Å². The molecule has 18 heavy (non-hydrogen) atoms. The Morgan fingerprint density at radius 2 is 2.22 bits per heavy atom. The maximum Gasteiger partial charge on any atom is 0.122 e. The topological polar surface area (TPSA) is 39.1 Å². The molecule has 4 nitrogen and oxygen atoms in total. The van der Waals surface area contributed by atoms with Crippen molar-refractivity contribution in [3.8, 4) is 5.75 Å². The molecule has 1 N–H and O–H groups in total. The molecule has 0 unspecified atom stereocenters. The van der Waals surface area contributed by atoms with Gasteiger partial charge in [0.2, 0.25) is 0 Å². The van der Waals surface area contributed by atoms with Gasteiger partial charge in [0.1, 0.15) is 5.75 Å². The third-order valence-corrected chi connectivity index (χ3v) is 3.17. The second-order valence-corrected chi connectivity index (χ2v) is 4.67. The van der Waals surface area contributed by atoms with E-state index in [1.54, 1.807) is 0 Å². The van der Waals surface area contributed by atoms with E-state index in [1.165, 1.54) is 16.7 Å². The van der Waals surface area contributed by atoms with Crippen molar-refractivity contribution in [3.63, 3.8) is 0 Å². The number of aromatic nitrogens is 2. The van der Waals surface area contributed by atoms with Crippen molar-refractivity contribution in [1.82, 2.24) is 15.1 Å². The Kier molecular flexibility index (Phi) is 3.02. The predicted molar refractivity (Wildman–Crippen MR) is 69.4 cm³/mol. The normalized spacial score (nSPS) is 13.4. The van der Waals surface area contributed by atoms with Crippen molar-refractivity contribution in [2.24, 2.45) is 7.05 Å². The molecule has 0 bridgehead atoms. The highest BCUT2D eigenvalue weighted by Crippen LogP contribution is 2.25. The highest BCUT2D eigenvalue weighted by atomic mass is 16.5. The fourth-order valence-electron chi connectivity index (χ4n) is 2.26. The SMILES string of the molecule is Cn1cc(CNCc2ccc3c(c2)CCO3)cn1. The summed E-state index contributed by atoms with van der Waals surface area (Å²) in [6.07, 6.45) is 4.96. The molecule has 0 spiro atoms. The number of ether oxygens (including phenoxy) is 1. The van der Waals surface area contributed by atoms with Gasteiger partial charge in [-0.2, -0.15) is 5.10 Å². The van der Waals surface area contributed by atoms with Gasteiger partial charge < -0.3 is 10.1 Å². The van der Waals surface area contributed by atoms with Crippen LogP contribution in [0, 0.1) is 0 Å². The Bertz CT molecular complexity index is 548. The number of nitrogens with zero attached hydrogens (tertiary/aromatic N) is 2. The number of fused-ring (bicyclic) bond motifs is 1. The van der Waals surface area contributed by atoms with Gasteiger partial charge in [-0.15, -0.1) is 0 Å². The third kappa shape index (κ3) is 2.38. The molecule has 1 aliphatic rings. The molecular formula is C14H17N3O. The van der Waals surface area contributed by atoms with E-state index in [1.807, 2.05) is 24.1 Å². The maximum atomic E-state index is 5.50. The number of hydrogen-bond donors (Lipinski definition) is 1. The van der Waals surface area contributed by atoms with Crippen LogP contribution in [0.25, 0.3) is 0 Å². The largest absolute Gasteiger partial charge is 0.493 e. The molecule has 0 amide bonds. The van der Waals surface area contributed by atoms with Crippen LogP contribution in [0.2, 0.25) is 0 Å². The zero-order chi connectivity index (χ0) is 12.4. The Morgan fingerprint density at radius 1 is 1.33 bits per heavy atom. The Labute approximate surface area is 107 Å². The monoisotopic (exact) mass is 243 g/mol. The summed E-state index contributed by atoms with van der Waals surface area (Å²) in [4.78, 5) is 0. The number of hydrogen-bond acceptors (Lipinski definition) is 3. The maximum absolute atomic E-state index is 5.50. The molecule has 2 heterocycles. The first-order valence-electron chi connectivity index (χ1n) is 6.24. The van der Waals surface area contributed by atoms with Crippen molar-refractivity contribution in [2.45, 2.75) is 19.5 Å². The van der Waals surface area contributed by atoms with Crippen LogP contribution in [-0.4, -0.2) is 16.4 Å². The summed E-state index contributed by atoms with van der Waals surface area (Å²) in [7, 11) is 1.93. The van der Waals surface area contributed by atoms with Gasteiger partial charge in [-0.1, -0.05) is 12.1 Å². The first kappa shape index (κ1) is 11.3. The molecule has 0 saturated carbocycles. The van der Waals surface area contributed by atoms with Gasteiger partial charge in [0.05, 0.1) is 12.8 Å². The number of rotatable bonds is 4. The fourth-order valence-corrected chi connectivity index (χ4v) is 2.26. The van der Waals surface area contributed by atoms with E-state index in [0.717, 1.165) is 31.9 Å². The van der Waals surface area contributed by atoms with E-state index in [0.29, 0.717) is 0 Å². The summed E-state index contributed by atoms with van der Waals surface area (Å²) in [6, 6.07) is 6.43. The number of benzene rings is 1. The Hall–Kier alpha value is -1.81. The van der Waals surface area contributed by atoms with E-state index < -0.39 is 0 Å². The zero-order valence-corrected chi connectivity index (χ0v) is 10.5. The molecule has 3 rings (SSSR count). The van der Waals surface area contributed by atoms with Gasteiger partial charge in [-0.05, 0) is 17.2 Å². The molecule has 94 valence electrons. The third-order valence-electron chi connectivity index (χ3n) is 3.17. The zero-order valence-electron chi connectivity index (χ0n) is 10.5. The average molecular weight is 243 g/mol. The van der Waals surface area contributed by atoms with Gasteiger partial charge in [-0.3, -0.25) is 4.68 Å². The first-order valence-corrected chi connectivity index (χ1v) is 6.24. The Balaban J connectivity index is 1.57. The lowest BCUT2D eigenvalue weighted by Gasteiger charge is -2.05. The molecule has 1 aliphatic heterocycles. The summed E-state index contributed by atoms with van der Waals surface area (Å²) in [5, 5.41) is 7.58. The molecule has 0 fully saturated rings. The van der Waals surface area contributed by atoms with E-state index in [2.05, 4.69) is 28.6 Å². The molecule has 0 radical (unpaired) electrons. The molecule has 2 aromatic rings. The second-order valence-electron chi connectivity index (χ2n) is 4.67. The van der Waals surface area contributed by atoms with Crippen LogP contribution in [0.3, 0.4) is 0 Å². The standard InChI is InChI=1S/C14H17N3O/c1-17-10-12(9-16-17)8-15-7-11-2-3-14-13(6-11)4-5-18-14/h2-3,6,9-10,15H,4-5,7-8H2,1H3. The minimum absolute atomic E-state index is 0.821. The van der Waals surface area contributed by atoms with Crippen LogP contribution in [0.5, 0.6) is 5.75 Å². The highest BCUT2D eigenvalue weighted by Gasteiger charge is 2.11. The van der Waals surface area contributed by atoms with Gasteiger partial charge in [0, 0.05) is 38.3 Å². The minimum atomic E-state index is 0.821. The summed E-state index contributed by atoms with van der Waals surface area (Å²) in [5.41, 5.74) is 3.85. The van der Waals surface area contributed by atoms with Crippen LogP contribution in [0.4, 0.5) is 0 Å². The summed E-state index contributed by atoms with van der Waals surface area (Å²) in [5.74, 6) is 1.05. The highest BCUT2D eigenvalue weighted by molar-refractivity contribution is 5.39. The molecule has 1 aromatic carbocycles. The van der Waals surface area contributed by atoms with E-state index in [4.69, 9.17) is 4.74 Å². The molecule has 0 saturated heterocycles. The van der Waals surface area contributed by atoms with Crippen LogP contribution in [-0.2, 0) is 26.6 Å². The van der Waals surface area contributed by atoms with Gasteiger partial charge >= 0.3 is 0 Å². The van der Waals surface area contributed by atoms with Crippen LogP contribution >= 0.6 is 0 Å². The van der Waals surface area contributed by atoms with Crippen LogP contribution < -0.4 is 10.1 Å². The predicted octanol–water partition coefficient (Wildman–Crippen LogP) is 1.64. The fraction of sp³-hybridized carbons (Fsp3) is 0.357. The van der Waals surface area contributed by atoms with Crippen molar-refractivity contribution < 1.29 is 4.74 Å². The molecular weight excluding hydrogens is 226 g/mol. The van der Waals surface area contributed by atoms with Crippen molar-refractivity contribution in [1.29, 1.82) is 0 Å². The minimum Gasteiger partial charge on any atom is -0.493 e. The van der Waals surface area contributed by atoms with Crippen molar-refractivity contribution >= 4 is 0 Å². The second kappa shape index (κ2) is 4.82. The van der Waals surface area contributed by atoms with E-state index in [9.17, 15) is 0 Å². The smallest absolute Gasteiger partial charge is 0.122 e. The summed E-state index contributed by atoms with van der Waals surface area (Å²) >= 11 is 0. The lowest BCUT2D eigenvalue weighted by atomic mass is 10.1. The van der Waals surface area contributed by atoms with Crippen LogP contribution in [0.1, 0.15) is 16.7 Å². The summed E-state index contributed by atoms with van der Waals surface area (Å²) < 4.78 is 7.32. The van der Waals surface area contributed by atoms with E-state index in [-0.39, 0.29) is 0 Å². The van der Waals surface area contributed by atoms with Gasteiger partial charge in [0.25, 0.3) is 0 Å². The first-order chi connectivity index (χ1) is 8.81. The number of nitrogens with one attached hydrogen (secondary N) is 1.